The molecule has 0 aliphatic rings. The summed E-state index contributed by atoms with van der Waals surface area (Å²) in [5.74, 6) is 0. The Bertz CT molecular complexity index is 395. The first-order chi connectivity index (χ1) is 10.8. The molecule has 126 valence electrons. The second-order valence-corrected chi connectivity index (χ2v) is 15.4. The first-order valence-electron chi connectivity index (χ1n) is 5.56. The van der Waals surface area contributed by atoms with E-state index in [-0.39, 0.29) is 0 Å². The van der Waals surface area contributed by atoms with Gasteiger partial charge in [0, 0.05) is 39.9 Å². The van der Waals surface area contributed by atoms with Gasteiger partial charge in [-0.25, -0.2) is 0 Å². The highest BCUT2D eigenvalue weighted by Crippen LogP contribution is 2.51. The predicted octanol–water partition coefficient (Wildman–Crippen LogP) is 8.20. The molecule has 0 fully saturated rings. The molecule has 0 aliphatic carbocycles. The van der Waals surface area contributed by atoms with Crippen LogP contribution in [-0.2, 0) is 0 Å². The molecular weight excluding hydrogens is 505 g/mol. The maximum absolute atomic E-state index is 4.30. The fourth-order valence-electron chi connectivity index (χ4n) is 1.17. The Labute approximate surface area is 186 Å². The average molecular weight is 519 g/mol. The van der Waals surface area contributed by atoms with Gasteiger partial charge in [-0.1, -0.05) is 86.4 Å². The van der Waals surface area contributed by atoms with Gasteiger partial charge in [0.05, 0.1) is 0 Å². The number of benzene rings is 1. The standard InChI is InChI=1S/C10H14S12/c11-3-15-19-7-1-8(20-16-4-12)10(22-18-6-14)9(2-7)21-17-5-13/h1-2,11-14H,3-6H2. The quantitative estimate of drug-likeness (QED) is 0.123. The van der Waals surface area contributed by atoms with Crippen molar-refractivity contribution in [3.63, 3.8) is 0 Å². The molecule has 0 heterocycles. The van der Waals surface area contributed by atoms with E-state index in [2.05, 4.69) is 62.6 Å². The Morgan fingerprint density at radius 1 is 0.591 bits per heavy atom. The van der Waals surface area contributed by atoms with E-state index in [1.54, 1.807) is 86.4 Å². The lowest BCUT2D eigenvalue weighted by Gasteiger charge is -2.14. The third-order valence-corrected chi connectivity index (χ3v) is 13.6. The van der Waals surface area contributed by atoms with Crippen LogP contribution in [0.3, 0.4) is 0 Å². The highest BCUT2D eigenvalue weighted by Gasteiger charge is 2.14. The van der Waals surface area contributed by atoms with Crippen LogP contribution in [0.15, 0.2) is 31.7 Å². The highest BCUT2D eigenvalue weighted by atomic mass is 33.1. The van der Waals surface area contributed by atoms with Gasteiger partial charge in [0.2, 0.25) is 0 Å². The molecule has 0 aromatic heterocycles. The van der Waals surface area contributed by atoms with E-state index in [4.69, 9.17) is 0 Å². The number of hydrogen-bond acceptors (Lipinski definition) is 12. The van der Waals surface area contributed by atoms with Crippen molar-refractivity contribution in [1.29, 1.82) is 0 Å². The lowest BCUT2D eigenvalue weighted by atomic mass is 10.3. The summed E-state index contributed by atoms with van der Waals surface area (Å²) in [4.78, 5) is 5.18. The summed E-state index contributed by atoms with van der Waals surface area (Å²) >= 11 is 17.2. The van der Waals surface area contributed by atoms with Crippen molar-refractivity contribution in [2.24, 2.45) is 0 Å². The fraction of sp³-hybridized carbons (Fsp3) is 0.400. The summed E-state index contributed by atoms with van der Waals surface area (Å²) in [6.07, 6.45) is 0. The third-order valence-electron chi connectivity index (χ3n) is 1.80. The SMILES string of the molecule is SCSSc1cc(SSCS)c(SSCS)c(SSCS)c1. The normalized spacial score (nSPS) is 11.1. The Hall–Kier alpha value is 3.42. The minimum Gasteiger partial charge on any atom is -0.167 e. The summed E-state index contributed by atoms with van der Waals surface area (Å²) in [6, 6.07) is 4.53. The van der Waals surface area contributed by atoms with Crippen molar-refractivity contribution in [2.45, 2.75) is 19.6 Å². The molecule has 22 heavy (non-hydrogen) atoms. The van der Waals surface area contributed by atoms with Crippen molar-refractivity contribution in [3.05, 3.63) is 12.1 Å². The lowest BCUT2D eigenvalue weighted by Crippen LogP contribution is -1.84. The third kappa shape index (κ3) is 9.38. The maximum Gasteiger partial charge on any atom is 0.0473 e. The Balaban J connectivity index is 3.07. The van der Waals surface area contributed by atoms with E-state index < -0.39 is 0 Å². The molecule has 12 heteroatoms. The zero-order chi connectivity index (χ0) is 16.2. The molecule has 0 amide bonds. The van der Waals surface area contributed by atoms with Gasteiger partial charge in [-0.3, -0.25) is 0 Å². The number of thiol groups is 4. The molecule has 0 bridgehead atoms. The summed E-state index contributed by atoms with van der Waals surface area (Å²) in [7, 11) is 14.2. The molecule has 0 atom stereocenters. The van der Waals surface area contributed by atoms with Crippen molar-refractivity contribution in [1.82, 2.24) is 0 Å². The molecule has 0 nitrogen and oxygen atoms in total. The Morgan fingerprint density at radius 2 is 1.00 bits per heavy atom. The van der Waals surface area contributed by atoms with Gasteiger partial charge in [0.25, 0.3) is 0 Å². The zero-order valence-electron chi connectivity index (χ0n) is 11.0. The van der Waals surface area contributed by atoms with Crippen LogP contribution >= 0.6 is 137 Å². The summed E-state index contributed by atoms with van der Waals surface area (Å²) in [5.41, 5.74) is 0. The van der Waals surface area contributed by atoms with Gasteiger partial charge in [-0.05, 0) is 12.1 Å². The van der Waals surface area contributed by atoms with Gasteiger partial charge in [-0.15, -0.1) is 0 Å². The van der Waals surface area contributed by atoms with Crippen LogP contribution in [-0.4, -0.2) is 20.3 Å². The number of hydrogen-bond donors (Lipinski definition) is 4. The average Bonchev–Trinajstić information content (AvgIpc) is 2.54. The fourth-order valence-corrected chi connectivity index (χ4v) is 10.2. The van der Waals surface area contributed by atoms with E-state index >= 15 is 0 Å². The van der Waals surface area contributed by atoms with E-state index in [1.807, 2.05) is 0 Å². The highest BCUT2D eigenvalue weighted by molar-refractivity contribution is 8.80. The van der Waals surface area contributed by atoms with Crippen LogP contribution in [0.4, 0.5) is 0 Å². The van der Waals surface area contributed by atoms with Crippen LogP contribution in [0, 0.1) is 0 Å². The molecule has 0 saturated carbocycles. The largest absolute Gasteiger partial charge is 0.167 e. The van der Waals surface area contributed by atoms with Crippen LogP contribution < -0.4 is 0 Å². The molecule has 0 spiro atoms. The number of rotatable bonds is 12. The van der Waals surface area contributed by atoms with Crippen molar-refractivity contribution in [3.8, 4) is 0 Å². The van der Waals surface area contributed by atoms with Gasteiger partial charge >= 0.3 is 0 Å². The molecule has 0 N–H and O–H groups in total. The van der Waals surface area contributed by atoms with Crippen molar-refractivity contribution < 1.29 is 0 Å². The second-order valence-electron chi connectivity index (χ2n) is 3.07. The minimum atomic E-state index is 0.796. The first kappa shape index (κ1) is 23.5. The van der Waals surface area contributed by atoms with Crippen LogP contribution in [0.1, 0.15) is 0 Å². The van der Waals surface area contributed by atoms with E-state index in [1.165, 1.54) is 19.6 Å². The van der Waals surface area contributed by atoms with Crippen LogP contribution in [0.2, 0.25) is 0 Å². The molecular formula is C10H14S12. The Kier molecular flexibility index (Phi) is 16.5. The molecule has 1 aromatic carbocycles. The summed E-state index contributed by atoms with van der Waals surface area (Å²) in [6.45, 7) is 0. The van der Waals surface area contributed by atoms with Gasteiger partial charge < -0.3 is 0 Å². The molecule has 0 saturated heterocycles. The van der Waals surface area contributed by atoms with Crippen molar-refractivity contribution in [2.75, 3.05) is 20.3 Å². The monoisotopic (exact) mass is 518 g/mol. The van der Waals surface area contributed by atoms with Gasteiger partial charge in [0.15, 0.2) is 0 Å². The van der Waals surface area contributed by atoms with E-state index in [9.17, 15) is 0 Å². The lowest BCUT2D eigenvalue weighted by molar-refractivity contribution is 1.09. The first-order valence-corrected chi connectivity index (χ1v) is 17.4. The van der Waals surface area contributed by atoms with Gasteiger partial charge in [0.1, 0.15) is 0 Å². The maximum atomic E-state index is 4.30. The Morgan fingerprint density at radius 3 is 1.45 bits per heavy atom. The minimum absolute atomic E-state index is 0.796. The van der Waals surface area contributed by atoms with E-state index in [0.29, 0.717) is 0 Å². The molecule has 0 unspecified atom stereocenters. The summed E-state index contributed by atoms with van der Waals surface area (Å²) in [5, 5.41) is 3.19. The van der Waals surface area contributed by atoms with Gasteiger partial charge in [-0.2, -0.15) is 50.5 Å². The molecule has 1 rings (SSSR count). The zero-order valence-corrected chi connectivity index (χ0v) is 21.1. The van der Waals surface area contributed by atoms with Crippen LogP contribution in [0.5, 0.6) is 0 Å². The molecule has 1 aromatic rings. The topological polar surface area (TPSA) is 0 Å². The molecule has 0 radical (unpaired) electrons. The summed E-state index contributed by atoms with van der Waals surface area (Å²) < 4.78 is 0. The molecule has 0 aliphatic heterocycles. The smallest absolute Gasteiger partial charge is 0.0473 e. The van der Waals surface area contributed by atoms with E-state index in [0.717, 1.165) is 20.3 Å². The van der Waals surface area contributed by atoms with Crippen LogP contribution in [0.25, 0.3) is 0 Å². The predicted molar refractivity (Wildman–Crippen MR) is 136 cm³/mol. The van der Waals surface area contributed by atoms with Crippen molar-refractivity contribution >= 4 is 137 Å². The second kappa shape index (κ2) is 15.5.